The standard InChI is InChI=1S/C27H26F3N5O2/c1-16(18-6-5-7-21(12-18)27(28,29)30)31-26-22-13-19(8-10-23(22)32-17(2)33-26)20-9-11-24(36)35(14-20)15-25(37)34(3)4/h5-14,16H,15H2,1-4H3,(H,31,32,33)/t16-/m1/s1. The van der Waals surface area contributed by atoms with Gasteiger partial charge in [0.2, 0.25) is 5.91 Å². The number of nitrogens with zero attached hydrogens (tertiary/aromatic N) is 4. The van der Waals surface area contributed by atoms with Crippen molar-refractivity contribution in [3.05, 3.63) is 88.1 Å². The van der Waals surface area contributed by atoms with Crippen molar-refractivity contribution in [1.82, 2.24) is 19.4 Å². The number of hydrogen-bond acceptors (Lipinski definition) is 5. The molecule has 0 saturated carbocycles. The Balaban J connectivity index is 1.72. The lowest BCUT2D eigenvalue weighted by atomic mass is 10.0. The van der Waals surface area contributed by atoms with E-state index in [1.54, 1.807) is 46.3 Å². The van der Waals surface area contributed by atoms with Gasteiger partial charge in [-0.1, -0.05) is 18.2 Å². The third kappa shape index (κ3) is 5.79. The number of rotatable bonds is 6. The first-order valence-electron chi connectivity index (χ1n) is 11.6. The van der Waals surface area contributed by atoms with Crippen molar-refractivity contribution in [1.29, 1.82) is 0 Å². The number of nitrogens with one attached hydrogen (secondary N) is 1. The van der Waals surface area contributed by atoms with E-state index in [1.165, 1.54) is 21.6 Å². The lowest BCUT2D eigenvalue weighted by molar-refractivity contribution is -0.137. The Bertz CT molecular complexity index is 1530. The second-order valence-corrected chi connectivity index (χ2v) is 9.01. The molecule has 192 valence electrons. The van der Waals surface area contributed by atoms with Crippen LogP contribution in [0.4, 0.5) is 19.0 Å². The van der Waals surface area contributed by atoms with Crippen LogP contribution >= 0.6 is 0 Å². The minimum absolute atomic E-state index is 0.0864. The van der Waals surface area contributed by atoms with Gasteiger partial charge in [-0.05, 0) is 60.9 Å². The molecule has 4 rings (SSSR count). The van der Waals surface area contributed by atoms with Gasteiger partial charge in [0.15, 0.2) is 0 Å². The van der Waals surface area contributed by atoms with Crippen molar-refractivity contribution in [3.8, 4) is 11.1 Å². The number of likely N-dealkylation sites (N-methyl/N-ethyl adjacent to an activating group) is 1. The van der Waals surface area contributed by atoms with Crippen LogP contribution in [0.1, 0.15) is 29.9 Å². The van der Waals surface area contributed by atoms with E-state index in [4.69, 9.17) is 0 Å². The third-order valence-electron chi connectivity index (χ3n) is 6.00. The number of pyridine rings is 1. The summed E-state index contributed by atoms with van der Waals surface area (Å²) in [6, 6.07) is 13.3. The van der Waals surface area contributed by atoms with E-state index >= 15 is 0 Å². The minimum atomic E-state index is -4.43. The van der Waals surface area contributed by atoms with Crippen LogP contribution in [-0.2, 0) is 17.5 Å². The summed E-state index contributed by atoms with van der Waals surface area (Å²) in [6.45, 7) is 3.42. The number of carbonyl (C=O) groups excluding carboxylic acids is 1. The molecule has 2 aromatic carbocycles. The smallest absolute Gasteiger partial charge is 0.363 e. The van der Waals surface area contributed by atoms with Crippen LogP contribution in [0.25, 0.3) is 22.0 Å². The molecule has 0 spiro atoms. The van der Waals surface area contributed by atoms with Crippen LogP contribution < -0.4 is 10.9 Å². The number of hydrogen-bond donors (Lipinski definition) is 1. The van der Waals surface area contributed by atoms with Crippen LogP contribution in [0.3, 0.4) is 0 Å². The molecule has 1 atom stereocenters. The fraction of sp³-hybridized carbons (Fsp3) is 0.259. The summed E-state index contributed by atoms with van der Waals surface area (Å²) < 4.78 is 41.0. The highest BCUT2D eigenvalue weighted by Crippen LogP contribution is 2.33. The summed E-state index contributed by atoms with van der Waals surface area (Å²) >= 11 is 0. The molecule has 0 aliphatic carbocycles. The van der Waals surface area contributed by atoms with Gasteiger partial charge >= 0.3 is 6.18 Å². The molecule has 0 aliphatic rings. The zero-order valence-electron chi connectivity index (χ0n) is 20.8. The largest absolute Gasteiger partial charge is 0.416 e. The minimum Gasteiger partial charge on any atom is -0.363 e. The van der Waals surface area contributed by atoms with Crippen LogP contribution in [0.15, 0.2) is 65.6 Å². The van der Waals surface area contributed by atoms with Crippen molar-refractivity contribution in [2.45, 2.75) is 32.6 Å². The van der Waals surface area contributed by atoms with Gasteiger partial charge in [0, 0.05) is 37.8 Å². The maximum absolute atomic E-state index is 13.2. The van der Waals surface area contributed by atoms with Gasteiger partial charge in [-0.3, -0.25) is 9.59 Å². The zero-order chi connectivity index (χ0) is 26.9. The van der Waals surface area contributed by atoms with Crippen molar-refractivity contribution in [2.75, 3.05) is 19.4 Å². The van der Waals surface area contributed by atoms with E-state index in [9.17, 15) is 22.8 Å². The van der Waals surface area contributed by atoms with Crippen LogP contribution in [0.5, 0.6) is 0 Å². The molecular formula is C27H26F3N5O2. The van der Waals surface area contributed by atoms with E-state index in [1.807, 2.05) is 18.2 Å². The monoisotopic (exact) mass is 509 g/mol. The highest BCUT2D eigenvalue weighted by atomic mass is 19.4. The molecule has 2 heterocycles. The molecule has 10 heteroatoms. The third-order valence-corrected chi connectivity index (χ3v) is 6.00. The molecule has 0 fully saturated rings. The number of benzene rings is 2. The molecule has 7 nitrogen and oxygen atoms in total. The Morgan fingerprint density at radius 1 is 1.05 bits per heavy atom. The van der Waals surface area contributed by atoms with Crippen LogP contribution in [0, 0.1) is 6.92 Å². The van der Waals surface area contributed by atoms with E-state index < -0.39 is 17.8 Å². The number of anilines is 1. The van der Waals surface area contributed by atoms with Crippen molar-refractivity contribution in [2.24, 2.45) is 0 Å². The van der Waals surface area contributed by atoms with Crippen LogP contribution in [-0.4, -0.2) is 39.4 Å². The van der Waals surface area contributed by atoms with Gasteiger partial charge in [0.1, 0.15) is 18.2 Å². The second-order valence-electron chi connectivity index (χ2n) is 9.01. The Kier molecular flexibility index (Phi) is 7.02. The van der Waals surface area contributed by atoms with Gasteiger partial charge in [0.05, 0.1) is 11.1 Å². The van der Waals surface area contributed by atoms with Crippen LogP contribution in [0.2, 0.25) is 0 Å². The average molecular weight is 510 g/mol. The number of amides is 1. The molecule has 0 radical (unpaired) electrons. The van der Waals surface area contributed by atoms with Crippen molar-refractivity contribution >= 4 is 22.6 Å². The van der Waals surface area contributed by atoms with E-state index in [0.717, 1.165) is 17.7 Å². The summed E-state index contributed by atoms with van der Waals surface area (Å²) in [7, 11) is 3.24. The molecular weight excluding hydrogens is 483 g/mol. The number of aromatic nitrogens is 3. The Morgan fingerprint density at radius 2 is 1.78 bits per heavy atom. The molecule has 1 N–H and O–H groups in total. The van der Waals surface area contributed by atoms with Crippen molar-refractivity contribution < 1.29 is 18.0 Å². The van der Waals surface area contributed by atoms with E-state index in [2.05, 4.69) is 15.3 Å². The lowest BCUT2D eigenvalue weighted by Gasteiger charge is -2.18. The van der Waals surface area contributed by atoms with Gasteiger partial charge in [0.25, 0.3) is 5.56 Å². The topological polar surface area (TPSA) is 80.1 Å². The molecule has 1 amide bonds. The summed E-state index contributed by atoms with van der Waals surface area (Å²) in [5.41, 5.74) is 1.59. The summed E-state index contributed by atoms with van der Waals surface area (Å²) in [5.74, 6) is 0.775. The fourth-order valence-electron chi connectivity index (χ4n) is 3.92. The number of halogens is 3. The second kappa shape index (κ2) is 10.0. The predicted molar refractivity (Wildman–Crippen MR) is 136 cm³/mol. The van der Waals surface area contributed by atoms with Gasteiger partial charge in [-0.2, -0.15) is 13.2 Å². The number of carbonyl (C=O) groups is 1. The molecule has 37 heavy (non-hydrogen) atoms. The first-order chi connectivity index (χ1) is 17.4. The molecule has 0 saturated heterocycles. The first kappa shape index (κ1) is 25.9. The Hall–Kier alpha value is -4.21. The number of fused-ring (bicyclic) bond motifs is 1. The van der Waals surface area contributed by atoms with Gasteiger partial charge < -0.3 is 14.8 Å². The normalized spacial score (nSPS) is 12.4. The summed E-state index contributed by atoms with van der Waals surface area (Å²) in [5, 5.41) is 3.90. The van der Waals surface area contributed by atoms with E-state index in [-0.39, 0.29) is 18.0 Å². The van der Waals surface area contributed by atoms with Crippen molar-refractivity contribution in [3.63, 3.8) is 0 Å². The molecule has 2 aromatic heterocycles. The summed E-state index contributed by atoms with van der Waals surface area (Å²) in [4.78, 5) is 34.8. The maximum atomic E-state index is 13.2. The van der Waals surface area contributed by atoms with Gasteiger partial charge in [-0.15, -0.1) is 0 Å². The lowest BCUT2D eigenvalue weighted by Crippen LogP contribution is -2.31. The quantitative estimate of drug-likeness (QED) is 0.394. The van der Waals surface area contributed by atoms with Gasteiger partial charge in [-0.25, -0.2) is 9.97 Å². The average Bonchev–Trinajstić information content (AvgIpc) is 2.84. The molecule has 0 aliphatic heterocycles. The highest BCUT2D eigenvalue weighted by Gasteiger charge is 2.30. The predicted octanol–water partition coefficient (Wildman–Crippen LogP) is 5.05. The maximum Gasteiger partial charge on any atom is 0.416 e. The highest BCUT2D eigenvalue weighted by molar-refractivity contribution is 5.92. The molecule has 0 bridgehead atoms. The van der Waals surface area contributed by atoms with E-state index in [0.29, 0.717) is 33.7 Å². The molecule has 0 unspecified atom stereocenters. The number of aryl methyl sites for hydroxylation is 1. The summed E-state index contributed by atoms with van der Waals surface area (Å²) in [6.07, 6.45) is -2.81. The fourth-order valence-corrected chi connectivity index (χ4v) is 3.92. The number of alkyl halides is 3. The Labute approximate surface area is 211 Å². The Morgan fingerprint density at radius 3 is 2.49 bits per heavy atom. The molecule has 4 aromatic rings. The first-order valence-corrected chi connectivity index (χ1v) is 11.6. The SMILES string of the molecule is Cc1nc(N[C@H](C)c2cccc(C(F)(F)F)c2)c2cc(-c3ccc(=O)n(CC(=O)N(C)C)c3)ccc2n1. The zero-order valence-corrected chi connectivity index (χ0v) is 20.8.